The molecule has 0 aromatic heterocycles. The molecule has 264 valence electrons. The summed E-state index contributed by atoms with van der Waals surface area (Å²) in [5.41, 5.74) is -0.871. The van der Waals surface area contributed by atoms with Crippen molar-refractivity contribution < 1.29 is 48.0 Å². The minimum Gasteiger partial charge on any atom is -0.495 e. The van der Waals surface area contributed by atoms with Crippen LogP contribution in [0.4, 0.5) is 10.5 Å². The van der Waals surface area contributed by atoms with E-state index in [1.54, 1.807) is 45.2 Å². The number of benzene rings is 1. The van der Waals surface area contributed by atoms with Crippen molar-refractivity contribution in [2.75, 3.05) is 33.2 Å². The van der Waals surface area contributed by atoms with Crippen molar-refractivity contribution in [1.82, 2.24) is 10.2 Å². The first-order valence-electron chi connectivity index (χ1n) is 15.8. The number of amides is 3. The van der Waals surface area contributed by atoms with Crippen LogP contribution in [-0.4, -0.2) is 104 Å². The first kappa shape index (κ1) is 37.2. The largest absolute Gasteiger partial charge is 0.495 e. The van der Waals surface area contributed by atoms with E-state index in [1.165, 1.54) is 44.9 Å². The van der Waals surface area contributed by atoms with Gasteiger partial charge in [-0.2, -0.15) is 0 Å². The minimum atomic E-state index is -1.81. The number of epoxide rings is 1. The summed E-state index contributed by atoms with van der Waals surface area (Å²) in [5, 5.41) is 14.4. The molecule has 1 aromatic carbocycles. The second kappa shape index (κ2) is 14.5. The highest BCUT2D eigenvalue weighted by molar-refractivity contribution is 6.35. The van der Waals surface area contributed by atoms with Crippen LogP contribution in [0.15, 0.2) is 35.9 Å². The number of fused-ring (bicyclic) bond motifs is 5. The first-order valence-corrected chi connectivity index (χ1v) is 16.2. The van der Waals surface area contributed by atoms with Gasteiger partial charge in [0.2, 0.25) is 11.8 Å². The van der Waals surface area contributed by atoms with E-state index in [-0.39, 0.29) is 23.8 Å². The number of hydrogen-bond acceptors (Lipinski definition) is 10. The van der Waals surface area contributed by atoms with Gasteiger partial charge in [-0.3, -0.25) is 14.9 Å². The van der Waals surface area contributed by atoms with E-state index in [0.29, 0.717) is 17.9 Å². The van der Waals surface area contributed by atoms with Crippen LogP contribution in [0, 0.1) is 5.92 Å². The lowest BCUT2D eigenvalue weighted by Gasteiger charge is -2.42. The Morgan fingerprint density at radius 2 is 1.94 bits per heavy atom. The van der Waals surface area contributed by atoms with Gasteiger partial charge in [-0.05, 0) is 44.9 Å². The summed E-state index contributed by atoms with van der Waals surface area (Å²) < 4.78 is 28.9. The lowest BCUT2D eigenvalue weighted by atomic mass is 9.83. The number of nitrogens with zero attached hydrogens (tertiary/aromatic N) is 2. The number of carbonyl (C=O) groups is 4. The number of hydrogen-bond donors (Lipinski definition) is 2. The summed E-state index contributed by atoms with van der Waals surface area (Å²) >= 11 is 6.71. The van der Waals surface area contributed by atoms with E-state index in [2.05, 4.69) is 5.32 Å². The Morgan fingerprint density at radius 1 is 1.25 bits per heavy atom. The first-order chi connectivity index (χ1) is 22.4. The number of rotatable bonds is 5. The van der Waals surface area contributed by atoms with Crippen LogP contribution in [0.5, 0.6) is 5.75 Å². The molecule has 2 saturated heterocycles. The molecule has 48 heavy (non-hydrogen) atoms. The molecule has 2 fully saturated rings. The molecule has 0 unspecified atom stereocenters. The predicted octanol–water partition coefficient (Wildman–Crippen LogP) is 3.53. The number of alkyl carbamates (subject to hydrolysis) is 1. The molecule has 0 aliphatic carbocycles. The Labute approximate surface area is 286 Å². The maximum absolute atomic E-state index is 14.0. The summed E-state index contributed by atoms with van der Waals surface area (Å²) in [6.45, 7) is 8.29. The second-order valence-corrected chi connectivity index (χ2v) is 13.4. The molecule has 4 bridgehead atoms. The molecule has 3 heterocycles. The third-order valence-corrected chi connectivity index (χ3v) is 10.0. The van der Waals surface area contributed by atoms with Crippen molar-refractivity contribution in [1.29, 1.82) is 0 Å². The van der Waals surface area contributed by atoms with E-state index >= 15 is 0 Å². The van der Waals surface area contributed by atoms with Crippen LogP contribution in [0.3, 0.4) is 0 Å². The van der Waals surface area contributed by atoms with Crippen LogP contribution >= 0.6 is 11.6 Å². The van der Waals surface area contributed by atoms with Crippen LogP contribution in [0.2, 0.25) is 5.02 Å². The van der Waals surface area contributed by atoms with Crippen molar-refractivity contribution in [3.8, 4) is 5.75 Å². The number of likely N-dealkylation sites (N-methyl/N-ethyl adjacent to an activating group) is 1. The average molecular weight is 692 g/mol. The molecule has 3 amide bonds. The van der Waals surface area contributed by atoms with Crippen molar-refractivity contribution in [2.45, 2.75) is 95.7 Å². The summed E-state index contributed by atoms with van der Waals surface area (Å²) in [6, 6.07) is 2.63. The SMILES string of the molecule is COc1cc2cc(c1Cl)N(C)C(=O)C[C@@H](OC(=O)[C@H](C)N(C)C(C)=O)[C@]1(C)O[C@@H]1[C@H](C)[C@@H]1C[C@@](O)(NC(=O)O1)[C@H](OC)/C=C/C=C(\C)C2. The monoisotopic (exact) mass is 691 g/mol. The van der Waals surface area contributed by atoms with Gasteiger partial charge in [-0.1, -0.05) is 42.3 Å². The quantitative estimate of drug-likeness (QED) is 0.346. The molecule has 3 aliphatic heterocycles. The standard InChI is InChI=1S/C34H46ClN3O10/c1-18-11-10-12-26(45-9)34(43)17-25(46-32(42)36-34)19(2)30-33(5,48-30)27(47-31(41)20(3)37(6)21(4)39)16-28(40)38(7)23-14-22(13-18)15-24(44-8)29(23)35/h10-12,14-15,19-20,25-27,30,43H,13,16-17H2,1-9H3,(H,36,42)/b12-10+,18-11+/t19-,20+,25+,26-,27-,30-,33+,34+/m1/s1. The number of carbonyl (C=O) groups excluding carboxylic acids is 4. The highest BCUT2D eigenvalue weighted by Crippen LogP contribution is 2.49. The summed E-state index contributed by atoms with van der Waals surface area (Å²) in [4.78, 5) is 54.7. The van der Waals surface area contributed by atoms with Gasteiger partial charge >= 0.3 is 12.1 Å². The molecule has 13 nitrogen and oxygen atoms in total. The molecule has 3 aliphatic rings. The average Bonchev–Trinajstić information content (AvgIpc) is 3.73. The number of methoxy groups -OCH3 is 2. The van der Waals surface area contributed by atoms with Gasteiger partial charge in [0.1, 0.15) is 40.7 Å². The van der Waals surface area contributed by atoms with Gasteiger partial charge in [0.25, 0.3) is 0 Å². The predicted molar refractivity (Wildman–Crippen MR) is 177 cm³/mol. The number of esters is 1. The van der Waals surface area contributed by atoms with Gasteiger partial charge < -0.3 is 38.6 Å². The van der Waals surface area contributed by atoms with Crippen molar-refractivity contribution in [3.63, 3.8) is 0 Å². The van der Waals surface area contributed by atoms with Crippen molar-refractivity contribution in [3.05, 3.63) is 46.5 Å². The highest BCUT2D eigenvalue weighted by Gasteiger charge is 2.64. The van der Waals surface area contributed by atoms with Crippen LogP contribution in [-0.2, 0) is 39.8 Å². The van der Waals surface area contributed by atoms with E-state index in [1.807, 2.05) is 13.0 Å². The Balaban J connectivity index is 1.80. The minimum absolute atomic E-state index is 0.0436. The molecule has 8 atom stereocenters. The smallest absolute Gasteiger partial charge is 0.409 e. The van der Waals surface area contributed by atoms with Crippen LogP contribution in [0.25, 0.3) is 0 Å². The van der Waals surface area contributed by atoms with Gasteiger partial charge in [0, 0.05) is 40.5 Å². The summed E-state index contributed by atoms with van der Waals surface area (Å²) in [7, 11) is 5.97. The van der Waals surface area contributed by atoms with Crippen LogP contribution < -0.4 is 15.0 Å². The molecule has 0 spiro atoms. The Bertz CT molecular complexity index is 1500. The summed E-state index contributed by atoms with van der Waals surface area (Å²) in [5.74, 6) is -1.63. The Kier molecular flexibility index (Phi) is 11.2. The molecule has 14 heteroatoms. The molecule has 0 saturated carbocycles. The maximum Gasteiger partial charge on any atom is 0.409 e. The normalized spacial score (nSPS) is 33.2. The van der Waals surface area contributed by atoms with E-state index in [4.69, 9.17) is 35.3 Å². The molecule has 2 N–H and O–H groups in total. The highest BCUT2D eigenvalue weighted by atomic mass is 35.5. The Morgan fingerprint density at radius 3 is 2.56 bits per heavy atom. The van der Waals surface area contributed by atoms with Gasteiger partial charge in [0.05, 0.1) is 25.3 Å². The molecular formula is C34H46ClN3O10. The number of halogens is 1. The summed E-state index contributed by atoms with van der Waals surface area (Å²) in [6.07, 6.45) is 1.02. The lowest BCUT2D eigenvalue weighted by Crippen LogP contribution is -2.63. The molecule has 0 radical (unpaired) electrons. The van der Waals surface area contributed by atoms with E-state index in [0.717, 1.165) is 11.1 Å². The second-order valence-electron chi connectivity index (χ2n) is 13.0. The van der Waals surface area contributed by atoms with Gasteiger partial charge in [-0.25, -0.2) is 9.59 Å². The lowest BCUT2D eigenvalue weighted by molar-refractivity contribution is -0.161. The third-order valence-electron chi connectivity index (χ3n) is 9.63. The van der Waals surface area contributed by atoms with Crippen molar-refractivity contribution >= 4 is 41.2 Å². The topological polar surface area (TPSA) is 156 Å². The number of allylic oxidation sites excluding steroid dienone is 3. The zero-order valence-electron chi connectivity index (χ0n) is 28.9. The third kappa shape index (κ3) is 7.64. The van der Waals surface area contributed by atoms with Gasteiger partial charge in [-0.15, -0.1) is 0 Å². The number of aliphatic hydroxyl groups is 1. The number of anilines is 1. The zero-order chi connectivity index (χ0) is 35.7. The fourth-order valence-corrected chi connectivity index (χ4v) is 6.59. The van der Waals surface area contributed by atoms with Gasteiger partial charge in [0.15, 0.2) is 5.72 Å². The maximum atomic E-state index is 14.0. The van der Waals surface area contributed by atoms with E-state index < -0.39 is 65.7 Å². The number of ether oxygens (including phenoxy) is 5. The van der Waals surface area contributed by atoms with E-state index in [9.17, 15) is 24.3 Å². The molecule has 4 rings (SSSR count). The van der Waals surface area contributed by atoms with Crippen molar-refractivity contribution in [2.24, 2.45) is 5.92 Å². The molecule has 1 aromatic rings. The fourth-order valence-electron chi connectivity index (χ4n) is 6.27. The molecular weight excluding hydrogens is 646 g/mol. The number of nitrogens with one attached hydrogen (secondary N) is 1. The van der Waals surface area contributed by atoms with Crippen LogP contribution in [0.1, 0.15) is 53.0 Å². The fraction of sp³-hybridized carbons (Fsp3) is 0.588. The zero-order valence-corrected chi connectivity index (χ0v) is 29.6. The Hall–Kier alpha value is -3.65.